The Bertz CT molecular complexity index is 1090. The summed E-state index contributed by atoms with van der Waals surface area (Å²) in [6.07, 6.45) is 14.3. The minimum Gasteiger partial charge on any atom is -0.374 e. The van der Waals surface area contributed by atoms with Crippen molar-refractivity contribution in [2.45, 2.75) is 37.5 Å². The molecule has 1 aliphatic carbocycles. The average molecular weight is 451 g/mol. The number of amides is 1. The Labute approximate surface area is 193 Å². The van der Waals surface area contributed by atoms with E-state index in [0.717, 1.165) is 25.7 Å². The first-order chi connectivity index (χ1) is 15.6. The third-order valence-electron chi connectivity index (χ3n) is 6.20. The highest BCUT2D eigenvalue weighted by atomic mass is 35.5. The molecule has 0 spiro atoms. The molecular formula is C24H27ClN6O. The molecule has 0 radical (unpaired) electrons. The van der Waals surface area contributed by atoms with Crippen LogP contribution in [0.3, 0.4) is 0 Å². The van der Waals surface area contributed by atoms with Crippen molar-refractivity contribution in [1.29, 1.82) is 0 Å². The highest BCUT2D eigenvalue weighted by Crippen LogP contribution is 2.39. The van der Waals surface area contributed by atoms with Gasteiger partial charge in [-0.1, -0.05) is 43.5 Å². The normalized spacial score (nSPS) is 15.2. The fourth-order valence-corrected chi connectivity index (χ4v) is 4.78. The Kier molecular flexibility index (Phi) is 6.55. The fourth-order valence-electron chi connectivity index (χ4n) is 4.59. The van der Waals surface area contributed by atoms with E-state index >= 15 is 0 Å². The van der Waals surface area contributed by atoms with Crippen molar-refractivity contribution in [3.8, 4) is 5.95 Å². The standard InChI is InChI=1S/C24H27ClN6O/c1-17(25)20-19(15-31(21(20)26-2)23-28-12-7-13-29-23)22(32)30-16-24(9-4-3-5-10-24)18-8-6-11-27-14-18/h6-8,11-15,26H,1,3-5,9-10,16H2,2H3,(H,30,32). The van der Waals surface area contributed by atoms with Gasteiger partial charge in [0.1, 0.15) is 5.82 Å². The minimum absolute atomic E-state index is 0.114. The van der Waals surface area contributed by atoms with Crippen molar-refractivity contribution in [3.63, 3.8) is 0 Å². The van der Waals surface area contributed by atoms with Crippen LogP contribution in [0, 0.1) is 0 Å². The number of rotatable bonds is 7. The lowest BCUT2D eigenvalue weighted by molar-refractivity contribution is 0.0936. The second kappa shape index (κ2) is 9.53. The number of anilines is 1. The third-order valence-corrected chi connectivity index (χ3v) is 6.39. The highest BCUT2D eigenvalue weighted by molar-refractivity contribution is 6.49. The summed E-state index contributed by atoms with van der Waals surface area (Å²) in [7, 11) is 1.76. The van der Waals surface area contributed by atoms with Gasteiger partial charge >= 0.3 is 0 Å². The summed E-state index contributed by atoms with van der Waals surface area (Å²) in [5.41, 5.74) is 2.03. The van der Waals surface area contributed by atoms with Crippen LogP contribution in [0.4, 0.5) is 5.82 Å². The first-order valence-corrected chi connectivity index (χ1v) is 11.2. The van der Waals surface area contributed by atoms with E-state index in [1.807, 2.05) is 12.3 Å². The third kappa shape index (κ3) is 4.25. The molecule has 0 aliphatic heterocycles. The summed E-state index contributed by atoms with van der Waals surface area (Å²) < 4.78 is 1.72. The molecule has 1 saturated carbocycles. The van der Waals surface area contributed by atoms with Crippen LogP contribution in [-0.2, 0) is 5.41 Å². The molecular weight excluding hydrogens is 424 g/mol. The number of carbonyl (C=O) groups is 1. The SMILES string of the molecule is C=C(Cl)c1c(C(=O)NCC2(c3cccnc3)CCCCC2)cn(-c2ncccn2)c1NC. The molecule has 3 aromatic rings. The Balaban J connectivity index is 1.66. The van der Waals surface area contributed by atoms with Gasteiger partial charge in [-0.25, -0.2) is 9.97 Å². The minimum atomic E-state index is -0.207. The van der Waals surface area contributed by atoms with Crippen molar-refractivity contribution in [1.82, 2.24) is 24.8 Å². The van der Waals surface area contributed by atoms with Crippen molar-refractivity contribution in [2.24, 2.45) is 0 Å². The van der Waals surface area contributed by atoms with E-state index in [9.17, 15) is 4.79 Å². The zero-order valence-electron chi connectivity index (χ0n) is 18.1. The maximum atomic E-state index is 13.4. The largest absolute Gasteiger partial charge is 0.374 e. The van der Waals surface area contributed by atoms with Gasteiger partial charge in [-0.3, -0.25) is 14.3 Å². The molecule has 0 bridgehead atoms. The number of halogens is 1. The van der Waals surface area contributed by atoms with E-state index in [-0.39, 0.29) is 16.4 Å². The van der Waals surface area contributed by atoms with Crippen LogP contribution in [0.2, 0.25) is 0 Å². The Morgan fingerprint density at radius 3 is 2.56 bits per heavy atom. The molecule has 2 N–H and O–H groups in total. The number of nitrogens with zero attached hydrogens (tertiary/aromatic N) is 4. The van der Waals surface area contributed by atoms with Gasteiger partial charge in [0.05, 0.1) is 5.56 Å². The molecule has 3 heterocycles. The van der Waals surface area contributed by atoms with E-state index in [2.05, 4.69) is 38.2 Å². The molecule has 1 amide bonds. The number of hydrogen-bond donors (Lipinski definition) is 2. The van der Waals surface area contributed by atoms with Crippen LogP contribution in [0.1, 0.15) is 53.6 Å². The second-order valence-electron chi connectivity index (χ2n) is 8.11. The summed E-state index contributed by atoms with van der Waals surface area (Å²) >= 11 is 6.33. The molecule has 166 valence electrons. The van der Waals surface area contributed by atoms with Crippen LogP contribution in [0.25, 0.3) is 11.0 Å². The van der Waals surface area contributed by atoms with Crippen molar-refractivity contribution in [2.75, 3.05) is 18.9 Å². The first-order valence-electron chi connectivity index (χ1n) is 10.8. The van der Waals surface area contributed by atoms with E-state index in [1.54, 1.807) is 42.5 Å². The van der Waals surface area contributed by atoms with Crippen LogP contribution in [0.5, 0.6) is 0 Å². The predicted molar refractivity (Wildman–Crippen MR) is 127 cm³/mol. The molecule has 0 unspecified atom stereocenters. The number of aromatic nitrogens is 4. The Morgan fingerprint density at radius 1 is 1.19 bits per heavy atom. The lowest BCUT2D eigenvalue weighted by Crippen LogP contribution is -2.42. The van der Waals surface area contributed by atoms with Crippen molar-refractivity contribution in [3.05, 3.63) is 72.5 Å². The van der Waals surface area contributed by atoms with Gasteiger partial charge in [0.15, 0.2) is 0 Å². The first kappa shape index (κ1) is 22.0. The summed E-state index contributed by atoms with van der Waals surface area (Å²) in [6, 6.07) is 5.81. The van der Waals surface area contributed by atoms with Gasteiger partial charge in [0, 0.05) is 60.6 Å². The molecule has 1 aliphatic rings. The number of nitrogens with one attached hydrogen (secondary N) is 2. The molecule has 4 rings (SSSR count). The molecule has 7 nitrogen and oxygen atoms in total. The monoisotopic (exact) mass is 450 g/mol. The van der Waals surface area contributed by atoms with E-state index < -0.39 is 0 Å². The van der Waals surface area contributed by atoms with Crippen LogP contribution >= 0.6 is 11.6 Å². The van der Waals surface area contributed by atoms with E-state index in [0.29, 0.717) is 29.4 Å². The molecule has 3 aromatic heterocycles. The zero-order chi connectivity index (χ0) is 22.6. The average Bonchev–Trinajstić information content (AvgIpc) is 3.24. The number of pyridine rings is 1. The summed E-state index contributed by atoms with van der Waals surface area (Å²) in [5.74, 6) is 0.844. The van der Waals surface area contributed by atoms with Gasteiger partial charge in [-0.15, -0.1) is 0 Å². The van der Waals surface area contributed by atoms with E-state index in [4.69, 9.17) is 11.6 Å². The van der Waals surface area contributed by atoms with Gasteiger partial charge in [-0.2, -0.15) is 0 Å². The van der Waals surface area contributed by atoms with Gasteiger partial charge < -0.3 is 10.6 Å². The lowest BCUT2D eigenvalue weighted by Gasteiger charge is -2.37. The van der Waals surface area contributed by atoms with Crippen LogP contribution in [-0.4, -0.2) is 39.0 Å². The maximum Gasteiger partial charge on any atom is 0.253 e. The lowest BCUT2D eigenvalue weighted by atomic mass is 9.70. The summed E-state index contributed by atoms with van der Waals surface area (Å²) in [4.78, 5) is 26.3. The topological polar surface area (TPSA) is 84.7 Å². The molecule has 0 atom stereocenters. The van der Waals surface area contributed by atoms with Gasteiger partial charge in [0.25, 0.3) is 5.91 Å². The maximum absolute atomic E-state index is 13.4. The van der Waals surface area contributed by atoms with Gasteiger partial charge in [-0.05, 0) is 30.5 Å². The fraction of sp³-hybridized carbons (Fsp3) is 0.333. The van der Waals surface area contributed by atoms with Crippen molar-refractivity contribution < 1.29 is 4.79 Å². The molecule has 8 heteroatoms. The molecule has 1 fully saturated rings. The van der Waals surface area contributed by atoms with Crippen molar-refractivity contribution >= 4 is 28.4 Å². The summed E-state index contributed by atoms with van der Waals surface area (Å²) in [6.45, 7) is 4.41. The molecule has 0 aromatic carbocycles. The smallest absolute Gasteiger partial charge is 0.253 e. The Morgan fingerprint density at radius 2 is 1.94 bits per heavy atom. The summed E-state index contributed by atoms with van der Waals surface area (Å²) in [5, 5.41) is 6.55. The number of carbonyl (C=O) groups excluding carboxylic acids is 1. The van der Waals surface area contributed by atoms with Gasteiger partial charge in [0.2, 0.25) is 5.95 Å². The number of hydrogen-bond acceptors (Lipinski definition) is 5. The Hall–Kier alpha value is -3.19. The molecule has 32 heavy (non-hydrogen) atoms. The highest BCUT2D eigenvalue weighted by Gasteiger charge is 2.35. The zero-order valence-corrected chi connectivity index (χ0v) is 18.9. The van der Waals surface area contributed by atoms with Crippen LogP contribution < -0.4 is 10.6 Å². The predicted octanol–water partition coefficient (Wildman–Crippen LogP) is 4.55. The quantitative estimate of drug-likeness (QED) is 0.551. The van der Waals surface area contributed by atoms with E-state index in [1.165, 1.54) is 12.0 Å². The second-order valence-corrected chi connectivity index (χ2v) is 8.56. The molecule has 0 saturated heterocycles. The van der Waals surface area contributed by atoms with Crippen LogP contribution in [0.15, 0.2) is 55.8 Å².